The van der Waals surface area contributed by atoms with Crippen molar-refractivity contribution in [3.63, 3.8) is 0 Å². The van der Waals surface area contributed by atoms with Gasteiger partial charge in [-0.1, -0.05) is 6.92 Å². The second kappa shape index (κ2) is 8.32. The quantitative estimate of drug-likeness (QED) is 0.734. The molecule has 18 heavy (non-hydrogen) atoms. The molecule has 5 nitrogen and oxygen atoms in total. The SMILES string of the molecule is CCC(CNC(=O)OC(C)(C)C)NC(C)COC. The summed E-state index contributed by atoms with van der Waals surface area (Å²) in [6, 6.07) is 0.489. The van der Waals surface area contributed by atoms with Crippen molar-refractivity contribution in [1.82, 2.24) is 10.6 Å². The Morgan fingerprint density at radius 1 is 1.33 bits per heavy atom. The average Bonchev–Trinajstić information content (AvgIpc) is 2.22. The third-order valence-corrected chi connectivity index (χ3v) is 2.32. The number of carbonyl (C=O) groups is 1. The van der Waals surface area contributed by atoms with Gasteiger partial charge in [-0.05, 0) is 34.1 Å². The van der Waals surface area contributed by atoms with Crippen LogP contribution in [0.3, 0.4) is 0 Å². The first-order chi connectivity index (χ1) is 8.28. The van der Waals surface area contributed by atoms with Crippen molar-refractivity contribution in [2.45, 2.75) is 58.7 Å². The third kappa shape index (κ3) is 9.24. The molecule has 0 radical (unpaired) electrons. The molecule has 108 valence electrons. The van der Waals surface area contributed by atoms with Gasteiger partial charge in [0.15, 0.2) is 0 Å². The molecule has 0 fully saturated rings. The maximum atomic E-state index is 11.5. The highest BCUT2D eigenvalue weighted by molar-refractivity contribution is 5.67. The van der Waals surface area contributed by atoms with Gasteiger partial charge in [-0.2, -0.15) is 0 Å². The molecule has 2 N–H and O–H groups in total. The molecule has 0 saturated carbocycles. The standard InChI is InChI=1S/C13H28N2O3/c1-7-11(15-10(2)9-17-6)8-14-12(16)18-13(3,4)5/h10-11,15H,7-9H2,1-6H3,(H,14,16). The maximum absolute atomic E-state index is 11.5. The van der Waals surface area contributed by atoms with Crippen molar-refractivity contribution in [2.75, 3.05) is 20.3 Å². The maximum Gasteiger partial charge on any atom is 0.407 e. The molecule has 0 bridgehead atoms. The van der Waals surface area contributed by atoms with Crippen LogP contribution >= 0.6 is 0 Å². The number of alkyl carbamates (subject to hydrolysis) is 1. The van der Waals surface area contributed by atoms with Crippen LogP contribution in [0.15, 0.2) is 0 Å². The minimum absolute atomic E-state index is 0.225. The number of hydrogen-bond donors (Lipinski definition) is 2. The summed E-state index contributed by atoms with van der Waals surface area (Å²) >= 11 is 0. The van der Waals surface area contributed by atoms with Crippen molar-refractivity contribution < 1.29 is 14.3 Å². The lowest BCUT2D eigenvalue weighted by Crippen LogP contribution is -2.46. The van der Waals surface area contributed by atoms with Gasteiger partial charge in [0.1, 0.15) is 5.60 Å². The summed E-state index contributed by atoms with van der Waals surface area (Å²) < 4.78 is 10.2. The molecule has 0 aliphatic carbocycles. The summed E-state index contributed by atoms with van der Waals surface area (Å²) in [5.74, 6) is 0. The first kappa shape index (κ1) is 17.2. The minimum atomic E-state index is -0.456. The van der Waals surface area contributed by atoms with E-state index < -0.39 is 5.60 Å². The first-order valence-electron chi connectivity index (χ1n) is 6.50. The Labute approximate surface area is 111 Å². The van der Waals surface area contributed by atoms with Crippen LogP contribution in [-0.2, 0) is 9.47 Å². The highest BCUT2D eigenvalue weighted by Crippen LogP contribution is 2.06. The fraction of sp³-hybridized carbons (Fsp3) is 0.923. The van der Waals surface area contributed by atoms with Crippen molar-refractivity contribution in [3.05, 3.63) is 0 Å². The molecule has 5 heteroatoms. The predicted molar refractivity (Wildman–Crippen MR) is 72.8 cm³/mol. The van der Waals surface area contributed by atoms with E-state index >= 15 is 0 Å². The minimum Gasteiger partial charge on any atom is -0.444 e. The van der Waals surface area contributed by atoms with E-state index in [1.165, 1.54) is 0 Å². The monoisotopic (exact) mass is 260 g/mol. The lowest BCUT2D eigenvalue weighted by Gasteiger charge is -2.24. The number of nitrogens with one attached hydrogen (secondary N) is 2. The fourth-order valence-electron chi connectivity index (χ4n) is 1.54. The Balaban J connectivity index is 3.96. The fourth-order valence-corrected chi connectivity index (χ4v) is 1.54. The Hall–Kier alpha value is -0.810. The Morgan fingerprint density at radius 3 is 2.39 bits per heavy atom. The molecule has 1 amide bonds. The summed E-state index contributed by atoms with van der Waals surface area (Å²) in [6.45, 7) is 10.9. The van der Waals surface area contributed by atoms with Gasteiger partial charge in [0.2, 0.25) is 0 Å². The van der Waals surface area contributed by atoms with Crippen molar-refractivity contribution >= 4 is 6.09 Å². The molecule has 0 spiro atoms. The first-order valence-corrected chi connectivity index (χ1v) is 6.50. The van der Waals surface area contributed by atoms with E-state index in [-0.39, 0.29) is 18.2 Å². The van der Waals surface area contributed by atoms with Gasteiger partial charge in [0.25, 0.3) is 0 Å². The summed E-state index contributed by atoms with van der Waals surface area (Å²) in [7, 11) is 1.68. The molecule has 2 atom stereocenters. The zero-order valence-electron chi connectivity index (χ0n) is 12.5. The lowest BCUT2D eigenvalue weighted by molar-refractivity contribution is 0.0520. The van der Waals surface area contributed by atoms with Crippen LogP contribution in [-0.4, -0.2) is 44.0 Å². The largest absolute Gasteiger partial charge is 0.444 e. The Morgan fingerprint density at radius 2 is 1.94 bits per heavy atom. The van der Waals surface area contributed by atoms with Crippen LogP contribution in [0.2, 0.25) is 0 Å². The second-order valence-electron chi connectivity index (χ2n) is 5.51. The number of methoxy groups -OCH3 is 1. The van der Waals surface area contributed by atoms with Crippen LogP contribution in [0.25, 0.3) is 0 Å². The van der Waals surface area contributed by atoms with Gasteiger partial charge in [0.05, 0.1) is 6.61 Å². The molecule has 0 aromatic carbocycles. The number of ether oxygens (including phenoxy) is 2. The van der Waals surface area contributed by atoms with Gasteiger partial charge < -0.3 is 20.1 Å². The molecule has 0 aliphatic heterocycles. The van der Waals surface area contributed by atoms with Crippen LogP contribution in [0.1, 0.15) is 41.0 Å². The van der Waals surface area contributed by atoms with E-state index in [0.717, 1.165) is 6.42 Å². The van der Waals surface area contributed by atoms with Crippen LogP contribution in [0.5, 0.6) is 0 Å². The van der Waals surface area contributed by atoms with Gasteiger partial charge in [-0.3, -0.25) is 0 Å². The normalized spacial score (nSPS) is 15.0. The molecule has 0 saturated heterocycles. The molecular formula is C13H28N2O3. The Kier molecular flexibility index (Phi) is 7.95. The molecule has 0 rings (SSSR count). The van der Waals surface area contributed by atoms with Crippen LogP contribution in [0.4, 0.5) is 4.79 Å². The van der Waals surface area contributed by atoms with E-state index in [2.05, 4.69) is 24.5 Å². The van der Waals surface area contributed by atoms with Gasteiger partial charge in [-0.15, -0.1) is 0 Å². The summed E-state index contributed by atoms with van der Waals surface area (Å²) in [6.07, 6.45) is 0.561. The van der Waals surface area contributed by atoms with Crippen molar-refractivity contribution in [3.8, 4) is 0 Å². The number of hydrogen-bond acceptors (Lipinski definition) is 4. The van der Waals surface area contributed by atoms with Gasteiger partial charge in [-0.25, -0.2) is 4.79 Å². The summed E-state index contributed by atoms with van der Waals surface area (Å²) in [5.41, 5.74) is -0.456. The molecule has 0 heterocycles. The topological polar surface area (TPSA) is 59.6 Å². The van der Waals surface area contributed by atoms with E-state index in [9.17, 15) is 4.79 Å². The second-order valence-corrected chi connectivity index (χ2v) is 5.51. The predicted octanol–water partition coefficient (Wildman–Crippen LogP) is 1.91. The molecule has 0 aliphatic rings. The zero-order chi connectivity index (χ0) is 14.2. The smallest absolute Gasteiger partial charge is 0.407 e. The van der Waals surface area contributed by atoms with Gasteiger partial charge >= 0.3 is 6.09 Å². The van der Waals surface area contributed by atoms with Crippen LogP contribution in [0, 0.1) is 0 Å². The van der Waals surface area contributed by atoms with Crippen LogP contribution < -0.4 is 10.6 Å². The molecule has 2 unspecified atom stereocenters. The summed E-state index contributed by atoms with van der Waals surface area (Å²) in [5, 5.41) is 6.16. The van der Waals surface area contributed by atoms with E-state index in [0.29, 0.717) is 13.2 Å². The lowest BCUT2D eigenvalue weighted by atomic mass is 10.2. The Bertz CT molecular complexity index is 239. The van der Waals surface area contributed by atoms with Gasteiger partial charge in [0, 0.05) is 25.7 Å². The van der Waals surface area contributed by atoms with Crippen molar-refractivity contribution in [1.29, 1.82) is 0 Å². The molecule has 0 aromatic rings. The highest BCUT2D eigenvalue weighted by Gasteiger charge is 2.17. The zero-order valence-corrected chi connectivity index (χ0v) is 12.5. The molecule has 0 aromatic heterocycles. The number of rotatable bonds is 7. The van der Waals surface area contributed by atoms with E-state index in [1.54, 1.807) is 7.11 Å². The molecular weight excluding hydrogens is 232 g/mol. The third-order valence-electron chi connectivity index (χ3n) is 2.32. The van der Waals surface area contributed by atoms with Crippen molar-refractivity contribution in [2.24, 2.45) is 0 Å². The van der Waals surface area contributed by atoms with E-state index in [1.807, 2.05) is 20.8 Å². The summed E-state index contributed by atoms with van der Waals surface area (Å²) in [4.78, 5) is 11.5. The average molecular weight is 260 g/mol. The highest BCUT2D eigenvalue weighted by atomic mass is 16.6. The number of amides is 1. The number of carbonyl (C=O) groups excluding carboxylic acids is 1. The van der Waals surface area contributed by atoms with E-state index in [4.69, 9.17) is 9.47 Å².